The Morgan fingerprint density at radius 3 is 2.84 bits per heavy atom. The number of ketones is 1. The molecule has 0 atom stereocenters. The van der Waals surface area contributed by atoms with Gasteiger partial charge in [-0.05, 0) is 24.3 Å². The molecule has 5 nitrogen and oxygen atoms in total. The van der Waals surface area contributed by atoms with Gasteiger partial charge in [0.1, 0.15) is 5.69 Å². The van der Waals surface area contributed by atoms with Gasteiger partial charge < -0.3 is 11.5 Å². The number of carbonyl (C=O) groups excluding carboxylic acids is 1. The lowest BCUT2D eigenvalue weighted by molar-refractivity contribution is 0.0997. The number of carbonyl (C=O) groups is 1. The van der Waals surface area contributed by atoms with Gasteiger partial charge in [-0.25, -0.2) is 4.98 Å². The van der Waals surface area contributed by atoms with Crippen LogP contribution in [0.4, 0.5) is 5.69 Å². The number of fused-ring (bicyclic) bond motifs is 3. The molecule has 0 aliphatic carbocycles. The zero-order valence-electron chi connectivity index (χ0n) is 10.1. The molecule has 0 aliphatic heterocycles. The van der Waals surface area contributed by atoms with E-state index in [0.29, 0.717) is 16.9 Å². The van der Waals surface area contributed by atoms with Crippen molar-refractivity contribution in [2.75, 3.05) is 12.3 Å². The smallest absolute Gasteiger partial charge is 0.194 e. The Kier molecular flexibility index (Phi) is 2.61. The second-order valence-corrected chi connectivity index (χ2v) is 4.26. The second-order valence-electron chi connectivity index (χ2n) is 4.26. The van der Waals surface area contributed by atoms with Crippen LogP contribution < -0.4 is 11.5 Å². The number of benzene rings is 1. The van der Waals surface area contributed by atoms with Crippen molar-refractivity contribution < 1.29 is 4.79 Å². The van der Waals surface area contributed by atoms with Gasteiger partial charge in [-0.3, -0.25) is 9.78 Å². The summed E-state index contributed by atoms with van der Waals surface area (Å²) in [6.07, 6.45) is 1.69. The first-order valence-electron chi connectivity index (χ1n) is 5.88. The van der Waals surface area contributed by atoms with Gasteiger partial charge in [0.05, 0.1) is 17.6 Å². The number of aromatic nitrogens is 2. The second kappa shape index (κ2) is 4.29. The molecule has 1 aromatic carbocycles. The topological polar surface area (TPSA) is 94.9 Å². The summed E-state index contributed by atoms with van der Waals surface area (Å²) < 4.78 is 0. The van der Waals surface area contributed by atoms with E-state index in [9.17, 15) is 4.79 Å². The van der Waals surface area contributed by atoms with E-state index in [0.717, 1.165) is 16.3 Å². The number of pyridine rings is 2. The van der Waals surface area contributed by atoms with Crippen LogP contribution in [0.2, 0.25) is 0 Å². The quantitative estimate of drug-likeness (QED) is 0.409. The zero-order valence-corrected chi connectivity index (χ0v) is 10.1. The third-order valence-electron chi connectivity index (χ3n) is 3.05. The maximum atomic E-state index is 11.6. The van der Waals surface area contributed by atoms with Crippen molar-refractivity contribution in [2.24, 2.45) is 5.73 Å². The molecule has 0 saturated heterocycles. The summed E-state index contributed by atoms with van der Waals surface area (Å²) in [5.41, 5.74) is 13.7. The van der Waals surface area contributed by atoms with Crippen molar-refractivity contribution in [1.29, 1.82) is 0 Å². The van der Waals surface area contributed by atoms with Crippen molar-refractivity contribution in [1.82, 2.24) is 9.97 Å². The third kappa shape index (κ3) is 1.80. The lowest BCUT2D eigenvalue weighted by atomic mass is 10.1. The summed E-state index contributed by atoms with van der Waals surface area (Å²) in [4.78, 5) is 20.3. The minimum Gasteiger partial charge on any atom is -0.398 e. The number of anilines is 1. The Labute approximate surface area is 109 Å². The maximum absolute atomic E-state index is 11.6. The van der Waals surface area contributed by atoms with E-state index in [4.69, 9.17) is 11.5 Å². The highest BCUT2D eigenvalue weighted by Crippen LogP contribution is 2.27. The van der Waals surface area contributed by atoms with Crippen molar-refractivity contribution in [3.05, 3.63) is 42.2 Å². The fraction of sp³-hybridized carbons (Fsp3) is 0.0714. The minimum atomic E-state index is -0.201. The predicted octanol–water partition coefficient (Wildman–Crippen LogP) is 1.51. The molecule has 0 bridgehead atoms. The molecule has 0 unspecified atom stereocenters. The minimum absolute atomic E-state index is 0.0633. The molecule has 0 radical (unpaired) electrons. The van der Waals surface area contributed by atoms with Gasteiger partial charge in [0.15, 0.2) is 5.78 Å². The van der Waals surface area contributed by atoms with E-state index in [-0.39, 0.29) is 12.3 Å². The molecule has 3 rings (SSSR count). The molecule has 0 spiro atoms. The molecule has 2 aromatic heterocycles. The number of nitrogen functional groups attached to an aromatic ring is 1. The number of rotatable bonds is 2. The van der Waals surface area contributed by atoms with Gasteiger partial charge in [-0.15, -0.1) is 0 Å². The fourth-order valence-corrected chi connectivity index (χ4v) is 2.11. The van der Waals surface area contributed by atoms with E-state index >= 15 is 0 Å². The molecule has 5 heteroatoms. The van der Waals surface area contributed by atoms with Gasteiger partial charge >= 0.3 is 0 Å². The van der Waals surface area contributed by atoms with E-state index in [1.165, 1.54) is 0 Å². The Morgan fingerprint density at radius 2 is 2.05 bits per heavy atom. The summed E-state index contributed by atoms with van der Waals surface area (Å²) in [5.74, 6) is -0.201. The molecule has 3 aromatic rings. The summed E-state index contributed by atoms with van der Waals surface area (Å²) in [5, 5.41) is 1.69. The first-order valence-corrected chi connectivity index (χ1v) is 5.88. The molecule has 0 saturated carbocycles. The molecular formula is C14H12N4O. The largest absolute Gasteiger partial charge is 0.398 e. The van der Waals surface area contributed by atoms with Crippen molar-refractivity contribution in [2.45, 2.75) is 0 Å². The van der Waals surface area contributed by atoms with E-state index in [1.807, 2.05) is 18.2 Å². The van der Waals surface area contributed by atoms with Gasteiger partial charge in [0, 0.05) is 22.7 Å². The van der Waals surface area contributed by atoms with Crippen LogP contribution in [0.5, 0.6) is 0 Å². The Morgan fingerprint density at radius 1 is 1.21 bits per heavy atom. The highest BCUT2D eigenvalue weighted by atomic mass is 16.1. The summed E-state index contributed by atoms with van der Waals surface area (Å²) in [6, 6.07) is 9.04. The number of hydrogen-bond acceptors (Lipinski definition) is 5. The molecule has 0 aliphatic rings. The lowest BCUT2D eigenvalue weighted by Crippen LogP contribution is -2.15. The molecule has 0 amide bonds. The van der Waals surface area contributed by atoms with Gasteiger partial charge in [-0.2, -0.15) is 0 Å². The van der Waals surface area contributed by atoms with E-state index in [1.54, 1.807) is 18.3 Å². The average molecular weight is 252 g/mol. The number of nitrogens with two attached hydrogens (primary N) is 2. The first-order chi connectivity index (χ1) is 9.20. The Balaban J connectivity index is 2.42. The molecule has 4 N–H and O–H groups in total. The summed E-state index contributed by atoms with van der Waals surface area (Å²) in [7, 11) is 0. The first kappa shape index (κ1) is 11.6. The number of nitrogens with zero attached hydrogens (tertiary/aromatic N) is 2. The molecule has 19 heavy (non-hydrogen) atoms. The number of hydrogen-bond donors (Lipinski definition) is 2. The van der Waals surface area contributed by atoms with Crippen LogP contribution in [-0.2, 0) is 0 Å². The monoisotopic (exact) mass is 252 g/mol. The van der Waals surface area contributed by atoms with Crippen LogP contribution in [-0.4, -0.2) is 22.3 Å². The van der Waals surface area contributed by atoms with Crippen LogP contribution >= 0.6 is 0 Å². The molecule has 0 fully saturated rings. The van der Waals surface area contributed by atoms with Crippen molar-refractivity contribution in [3.8, 4) is 0 Å². The van der Waals surface area contributed by atoms with Gasteiger partial charge in [0.25, 0.3) is 0 Å². The lowest BCUT2D eigenvalue weighted by Gasteiger charge is -2.07. The third-order valence-corrected chi connectivity index (χ3v) is 3.05. The molecule has 94 valence electrons. The normalized spacial score (nSPS) is 11.0. The highest BCUT2D eigenvalue weighted by Gasteiger charge is 2.11. The Hall–Kier alpha value is -2.53. The zero-order chi connectivity index (χ0) is 13.4. The standard InChI is InChI=1S/C14H12N4O/c15-7-12(19)11-4-3-9-10(16)6-8-2-1-5-17-13(8)14(9)18-11/h1-6H,7,15-16H2. The highest BCUT2D eigenvalue weighted by molar-refractivity contribution is 6.10. The van der Waals surface area contributed by atoms with E-state index < -0.39 is 0 Å². The number of Topliss-reactive ketones (excluding diaryl/α,β-unsaturated/α-hetero) is 1. The average Bonchev–Trinajstić information content (AvgIpc) is 2.46. The fourth-order valence-electron chi connectivity index (χ4n) is 2.11. The van der Waals surface area contributed by atoms with Crippen LogP contribution in [0.1, 0.15) is 10.5 Å². The summed E-state index contributed by atoms with van der Waals surface area (Å²) in [6.45, 7) is -0.0633. The molecule has 2 heterocycles. The SMILES string of the molecule is NCC(=O)c1ccc2c(N)cc3cccnc3c2n1. The van der Waals surface area contributed by atoms with Crippen LogP contribution in [0.3, 0.4) is 0 Å². The van der Waals surface area contributed by atoms with Gasteiger partial charge in [-0.1, -0.05) is 6.07 Å². The van der Waals surface area contributed by atoms with E-state index in [2.05, 4.69) is 9.97 Å². The van der Waals surface area contributed by atoms with Crippen LogP contribution in [0.15, 0.2) is 36.5 Å². The summed E-state index contributed by atoms with van der Waals surface area (Å²) >= 11 is 0. The van der Waals surface area contributed by atoms with Crippen molar-refractivity contribution >= 4 is 33.3 Å². The predicted molar refractivity (Wildman–Crippen MR) is 74.8 cm³/mol. The molecular weight excluding hydrogens is 240 g/mol. The maximum Gasteiger partial charge on any atom is 0.194 e. The van der Waals surface area contributed by atoms with Gasteiger partial charge in [0.2, 0.25) is 0 Å². The Bertz CT molecular complexity index is 798. The van der Waals surface area contributed by atoms with Crippen molar-refractivity contribution in [3.63, 3.8) is 0 Å². The van der Waals surface area contributed by atoms with Crippen LogP contribution in [0.25, 0.3) is 21.8 Å². The van der Waals surface area contributed by atoms with Crippen LogP contribution in [0, 0.1) is 0 Å².